The lowest BCUT2D eigenvalue weighted by molar-refractivity contribution is -0.120. The predicted molar refractivity (Wildman–Crippen MR) is 134 cm³/mol. The van der Waals surface area contributed by atoms with Crippen molar-refractivity contribution in [2.24, 2.45) is 0 Å². The minimum Gasteiger partial charge on any atom is -0.497 e. The van der Waals surface area contributed by atoms with Gasteiger partial charge in [-0.15, -0.1) is 10.2 Å². The van der Waals surface area contributed by atoms with Crippen molar-refractivity contribution < 1.29 is 14.3 Å². The average Bonchev–Trinajstić information content (AvgIpc) is 3.24. The molecule has 0 fully saturated rings. The van der Waals surface area contributed by atoms with E-state index in [0.29, 0.717) is 23.4 Å². The van der Waals surface area contributed by atoms with Gasteiger partial charge >= 0.3 is 0 Å². The number of carbonyl (C=O) groups excluding carboxylic acids is 2. The molecule has 2 N–H and O–H groups in total. The number of hydrogen-bond acceptors (Lipinski definition) is 6. The molecule has 2 amide bonds. The van der Waals surface area contributed by atoms with Crippen molar-refractivity contribution in [2.75, 3.05) is 18.2 Å². The normalized spacial score (nSPS) is 10.9. The highest BCUT2D eigenvalue weighted by molar-refractivity contribution is 7.99. The van der Waals surface area contributed by atoms with Crippen LogP contribution in [0.1, 0.15) is 43.6 Å². The third kappa shape index (κ3) is 6.84. The molecule has 0 spiro atoms. The van der Waals surface area contributed by atoms with Gasteiger partial charge in [0.15, 0.2) is 11.0 Å². The van der Waals surface area contributed by atoms with E-state index < -0.39 is 0 Å². The zero-order valence-corrected chi connectivity index (χ0v) is 20.8. The van der Waals surface area contributed by atoms with Gasteiger partial charge in [-0.25, -0.2) is 0 Å². The Labute approximate surface area is 204 Å². The average molecular weight is 482 g/mol. The van der Waals surface area contributed by atoms with Gasteiger partial charge in [-0.3, -0.25) is 9.59 Å². The van der Waals surface area contributed by atoms with Crippen molar-refractivity contribution in [1.29, 1.82) is 0 Å². The van der Waals surface area contributed by atoms with Crippen LogP contribution in [-0.4, -0.2) is 39.4 Å². The number of rotatable bonds is 11. The van der Waals surface area contributed by atoms with Crippen LogP contribution in [-0.2, 0) is 29.1 Å². The standard InChI is InChI=1S/C25H31N5O3S/c1-5-30-22(15-26-23(31)14-18-10-12-19(33-4)13-11-18)28-29-25(30)34-16-24(32)27-21-9-7-6-8-20(21)17(2)3/h6-13,17H,5,14-16H2,1-4H3,(H,26,31)(H,27,32). The van der Waals surface area contributed by atoms with E-state index in [1.807, 2.05) is 60.0 Å². The number of ether oxygens (including phenoxy) is 1. The van der Waals surface area contributed by atoms with Crippen LogP contribution < -0.4 is 15.4 Å². The summed E-state index contributed by atoms with van der Waals surface area (Å²) in [5.41, 5.74) is 2.84. The fourth-order valence-electron chi connectivity index (χ4n) is 3.47. The summed E-state index contributed by atoms with van der Waals surface area (Å²) in [4.78, 5) is 24.9. The minimum atomic E-state index is -0.104. The topological polar surface area (TPSA) is 98.1 Å². The summed E-state index contributed by atoms with van der Waals surface area (Å²) < 4.78 is 7.05. The van der Waals surface area contributed by atoms with Crippen LogP contribution in [0.2, 0.25) is 0 Å². The number of nitrogens with zero attached hydrogens (tertiary/aromatic N) is 3. The van der Waals surface area contributed by atoms with Gasteiger partial charge in [0.2, 0.25) is 11.8 Å². The van der Waals surface area contributed by atoms with Gasteiger partial charge in [0.25, 0.3) is 0 Å². The minimum absolute atomic E-state index is 0.0990. The molecule has 0 saturated carbocycles. The highest BCUT2D eigenvalue weighted by Gasteiger charge is 2.15. The van der Waals surface area contributed by atoms with Crippen LogP contribution in [0.3, 0.4) is 0 Å². The first-order valence-corrected chi connectivity index (χ1v) is 12.2. The van der Waals surface area contributed by atoms with Crippen LogP contribution in [0.15, 0.2) is 53.7 Å². The molecule has 1 aromatic heterocycles. The number of para-hydroxylation sites is 1. The van der Waals surface area contributed by atoms with Crippen molar-refractivity contribution in [3.05, 3.63) is 65.5 Å². The first-order chi connectivity index (χ1) is 16.4. The van der Waals surface area contributed by atoms with Gasteiger partial charge in [-0.1, -0.05) is 55.9 Å². The number of anilines is 1. The van der Waals surface area contributed by atoms with E-state index in [2.05, 4.69) is 34.7 Å². The number of methoxy groups -OCH3 is 1. The smallest absolute Gasteiger partial charge is 0.234 e. The molecule has 0 bridgehead atoms. The van der Waals surface area contributed by atoms with Crippen LogP contribution in [0.5, 0.6) is 5.75 Å². The van der Waals surface area contributed by atoms with Gasteiger partial charge in [-0.2, -0.15) is 0 Å². The van der Waals surface area contributed by atoms with Gasteiger partial charge in [-0.05, 0) is 42.2 Å². The molecule has 0 radical (unpaired) electrons. The van der Waals surface area contributed by atoms with E-state index in [1.165, 1.54) is 11.8 Å². The maximum atomic E-state index is 12.5. The molecule has 0 aliphatic carbocycles. The Morgan fingerprint density at radius 2 is 1.79 bits per heavy atom. The second-order valence-corrected chi connectivity index (χ2v) is 8.97. The molecule has 34 heavy (non-hydrogen) atoms. The maximum Gasteiger partial charge on any atom is 0.234 e. The zero-order valence-electron chi connectivity index (χ0n) is 20.0. The SMILES string of the molecule is CCn1c(CNC(=O)Cc2ccc(OC)cc2)nnc1SCC(=O)Nc1ccccc1C(C)C. The Morgan fingerprint density at radius 3 is 2.47 bits per heavy atom. The van der Waals surface area contributed by atoms with Crippen LogP contribution in [0.25, 0.3) is 0 Å². The van der Waals surface area contributed by atoms with Crippen molar-refractivity contribution in [2.45, 2.75) is 51.4 Å². The summed E-state index contributed by atoms with van der Waals surface area (Å²) in [6.07, 6.45) is 0.268. The lowest BCUT2D eigenvalue weighted by Gasteiger charge is -2.13. The summed E-state index contributed by atoms with van der Waals surface area (Å²) in [5.74, 6) is 1.73. The monoisotopic (exact) mass is 481 g/mol. The Hall–Kier alpha value is -3.33. The molecular weight excluding hydrogens is 450 g/mol. The van der Waals surface area contributed by atoms with E-state index in [-0.39, 0.29) is 30.5 Å². The molecule has 3 aromatic rings. The first-order valence-electron chi connectivity index (χ1n) is 11.2. The van der Waals surface area contributed by atoms with E-state index in [1.54, 1.807) is 7.11 Å². The maximum absolute atomic E-state index is 12.5. The third-order valence-electron chi connectivity index (χ3n) is 5.27. The number of amides is 2. The van der Waals surface area contributed by atoms with E-state index in [4.69, 9.17) is 4.74 Å². The van der Waals surface area contributed by atoms with E-state index in [9.17, 15) is 9.59 Å². The van der Waals surface area contributed by atoms with Crippen molar-refractivity contribution in [3.63, 3.8) is 0 Å². The predicted octanol–water partition coefficient (Wildman–Crippen LogP) is 4.02. The Morgan fingerprint density at radius 1 is 1.06 bits per heavy atom. The zero-order chi connectivity index (χ0) is 24.5. The molecule has 0 saturated heterocycles. The third-order valence-corrected chi connectivity index (χ3v) is 6.23. The van der Waals surface area contributed by atoms with E-state index in [0.717, 1.165) is 22.6 Å². The molecule has 1 heterocycles. The molecule has 3 rings (SSSR count). The summed E-state index contributed by atoms with van der Waals surface area (Å²) in [6.45, 7) is 7.08. The Kier molecular flexibility index (Phi) is 9.09. The van der Waals surface area contributed by atoms with Gasteiger partial charge < -0.3 is 19.9 Å². The summed E-state index contributed by atoms with van der Waals surface area (Å²) >= 11 is 1.33. The van der Waals surface area contributed by atoms with Crippen LogP contribution in [0, 0.1) is 0 Å². The fraction of sp³-hybridized carbons (Fsp3) is 0.360. The molecule has 9 heteroatoms. The largest absolute Gasteiger partial charge is 0.497 e. The van der Waals surface area contributed by atoms with Gasteiger partial charge in [0.1, 0.15) is 5.75 Å². The number of nitrogens with one attached hydrogen (secondary N) is 2. The molecule has 0 aliphatic rings. The van der Waals surface area contributed by atoms with Crippen LogP contribution >= 0.6 is 11.8 Å². The number of thioether (sulfide) groups is 1. The molecular formula is C25H31N5O3S. The van der Waals surface area contributed by atoms with E-state index >= 15 is 0 Å². The number of benzene rings is 2. The molecule has 8 nitrogen and oxygen atoms in total. The number of carbonyl (C=O) groups is 2. The lowest BCUT2D eigenvalue weighted by atomic mass is 10.0. The second-order valence-electron chi connectivity index (χ2n) is 8.02. The lowest BCUT2D eigenvalue weighted by Crippen LogP contribution is -2.26. The van der Waals surface area contributed by atoms with Crippen molar-refractivity contribution in [3.8, 4) is 5.75 Å². The highest BCUT2D eigenvalue weighted by atomic mass is 32.2. The first kappa shape index (κ1) is 25.3. The summed E-state index contributed by atoms with van der Waals surface area (Å²) in [6, 6.07) is 15.2. The second kappa shape index (κ2) is 12.2. The molecule has 0 aliphatic heterocycles. The fourth-order valence-corrected chi connectivity index (χ4v) is 4.30. The van der Waals surface area contributed by atoms with Crippen molar-refractivity contribution >= 4 is 29.3 Å². The number of aromatic nitrogens is 3. The van der Waals surface area contributed by atoms with Crippen LogP contribution in [0.4, 0.5) is 5.69 Å². The van der Waals surface area contributed by atoms with Crippen molar-refractivity contribution in [1.82, 2.24) is 20.1 Å². The summed E-state index contributed by atoms with van der Waals surface area (Å²) in [7, 11) is 1.61. The molecule has 2 aromatic carbocycles. The number of hydrogen-bond donors (Lipinski definition) is 2. The Balaban J connectivity index is 1.53. The Bertz CT molecular complexity index is 1110. The molecule has 0 atom stereocenters. The van der Waals surface area contributed by atoms with Gasteiger partial charge in [0.05, 0.1) is 25.8 Å². The molecule has 0 unspecified atom stereocenters. The quantitative estimate of drug-likeness (QED) is 0.402. The highest BCUT2D eigenvalue weighted by Crippen LogP contribution is 2.24. The summed E-state index contributed by atoms with van der Waals surface area (Å²) in [5, 5.41) is 15.0. The van der Waals surface area contributed by atoms with Gasteiger partial charge in [0, 0.05) is 12.2 Å². The molecule has 180 valence electrons.